The number of pyridine rings is 6. The van der Waals surface area contributed by atoms with E-state index in [4.69, 9.17) is 0 Å². The second-order valence-corrected chi connectivity index (χ2v) is 12.7. The van der Waals surface area contributed by atoms with E-state index >= 15 is 0 Å². The fourth-order valence-electron chi connectivity index (χ4n) is 5.95. The minimum Gasteiger partial charge on any atom is -0.300 e. The third kappa shape index (κ3) is 8.29. The van der Waals surface area contributed by atoms with Crippen molar-refractivity contribution in [2.75, 3.05) is 0 Å². The first kappa shape index (κ1) is 37.1. The first-order chi connectivity index (χ1) is 27.7. The van der Waals surface area contributed by atoms with Gasteiger partial charge in [0.2, 0.25) is 23.3 Å². The molecule has 8 aromatic rings. The SMILES string of the molecule is CC(=O)c1cn(-c2cccc(C#Cc3ccc[n+](O)c3)c2)c2ncccc2c1=O.CC(=O)c1cn(-c2cccc(C#Cc3cccnc3)c2)c2ncccc2c1=O. The molecule has 0 aliphatic carbocycles. The molecule has 0 bridgehead atoms. The molecule has 0 amide bonds. The number of hydrogen-bond acceptors (Lipinski definition) is 8. The van der Waals surface area contributed by atoms with Gasteiger partial charge >= 0.3 is 0 Å². The van der Waals surface area contributed by atoms with Crippen LogP contribution in [0.3, 0.4) is 0 Å². The van der Waals surface area contributed by atoms with Crippen LogP contribution >= 0.6 is 0 Å². The summed E-state index contributed by atoms with van der Waals surface area (Å²) in [5.74, 6) is 11.7. The van der Waals surface area contributed by atoms with Gasteiger partial charge in [0.1, 0.15) is 11.3 Å². The molecule has 0 spiro atoms. The molecule has 0 fully saturated rings. The van der Waals surface area contributed by atoms with E-state index in [-0.39, 0.29) is 33.6 Å². The van der Waals surface area contributed by atoms with Gasteiger partial charge in [-0.2, -0.15) is 0 Å². The predicted molar refractivity (Wildman–Crippen MR) is 215 cm³/mol. The maximum atomic E-state index is 12.6. The van der Waals surface area contributed by atoms with Gasteiger partial charge in [-0.25, -0.2) is 9.97 Å². The lowest BCUT2D eigenvalue weighted by atomic mass is 10.1. The molecular formula is C46H31N6O5+. The molecule has 2 aromatic carbocycles. The van der Waals surface area contributed by atoms with Crippen molar-refractivity contribution < 1.29 is 19.5 Å². The Labute approximate surface area is 325 Å². The van der Waals surface area contributed by atoms with E-state index in [1.54, 1.807) is 76.5 Å². The molecule has 0 unspecified atom stereocenters. The van der Waals surface area contributed by atoms with Crippen LogP contribution in [0, 0.1) is 23.7 Å². The van der Waals surface area contributed by atoms with Crippen LogP contribution in [0.1, 0.15) is 56.8 Å². The molecule has 0 aliphatic heterocycles. The van der Waals surface area contributed by atoms with E-state index in [1.807, 2.05) is 60.7 Å². The van der Waals surface area contributed by atoms with Crippen LogP contribution in [0.15, 0.2) is 156 Å². The monoisotopic (exact) mass is 747 g/mol. The van der Waals surface area contributed by atoms with Crippen LogP contribution in [-0.2, 0) is 0 Å². The molecular weight excluding hydrogens is 717 g/mol. The molecule has 0 saturated heterocycles. The topological polar surface area (TPSA) is 141 Å². The minimum atomic E-state index is -0.325. The number of nitrogens with zero attached hydrogens (tertiary/aromatic N) is 6. The molecule has 6 heterocycles. The van der Waals surface area contributed by atoms with Crippen molar-refractivity contribution in [1.29, 1.82) is 0 Å². The van der Waals surface area contributed by atoms with Crippen molar-refractivity contribution >= 4 is 33.6 Å². The van der Waals surface area contributed by atoms with E-state index in [9.17, 15) is 24.4 Å². The van der Waals surface area contributed by atoms with E-state index in [0.717, 1.165) is 32.8 Å². The van der Waals surface area contributed by atoms with Crippen molar-refractivity contribution in [3.8, 4) is 35.1 Å². The van der Waals surface area contributed by atoms with E-state index in [0.29, 0.717) is 27.6 Å². The van der Waals surface area contributed by atoms with Gasteiger partial charge in [-0.05, 0) is 92.7 Å². The minimum absolute atomic E-state index is 0.110. The zero-order chi connectivity index (χ0) is 39.9. The quantitative estimate of drug-likeness (QED) is 0.102. The number of ketones is 2. The van der Waals surface area contributed by atoms with Crippen LogP contribution in [0.2, 0.25) is 0 Å². The third-order valence-electron chi connectivity index (χ3n) is 8.68. The van der Waals surface area contributed by atoms with Gasteiger partial charge in [0.15, 0.2) is 11.6 Å². The highest BCUT2D eigenvalue weighted by Crippen LogP contribution is 2.19. The summed E-state index contributed by atoms with van der Waals surface area (Å²) >= 11 is 0. The molecule has 6 aromatic heterocycles. The molecule has 8 rings (SSSR count). The molecule has 1 N–H and O–H groups in total. The fourth-order valence-corrected chi connectivity index (χ4v) is 5.95. The fraction of sp³-hybridized carbons (Fsp3) is 0.0435. The van der Waals surface area contributed by atoms with Crippen LogP contribution < -0.4 is 15.6 Å². The van der Waals surface area contributed by atoms with Crippen molar-refractivity contribution in [3.63, 3.8) is 0 Å². The van der Waals surface area contributed by atoms with E-state index in [1.165, 1.54) is 32.4 Å². The highest BCUT2D eigenvalue weighted by Gasteiger charge is 2.15. The maximum Gasteiger partial charge on any atom is 0.237 e. The molecule has 0 radical (unpaired) electrons. The summed E-state index contributed by atoms with van der Waals surface area (Å²) in [4.78, 5) is 61.8. The van der Waals surface area contributed by atoms with Crippen LogP contribution in [0.5, 0.6) is 0 Å². The largest absolute Gasteiger partial charge is 0.300 e. The molecule has 11 heteroatoms. The summed E-state index contributed by atoms with van der Waals surface area (Å²) in [6.07, 6.45) is 12.7. The smallest absolute Gasteiger partial charge is 0.237 e. The second-order valence-electron chi connectivity index (χ2n) is 12.7. The van der Waals surface area contributed by atoms with Crippen molar-refractivity contribution in [2.24, 2.45) is 0 Å². The maximum absolute atomic E-state index is 12.6. The van der Waals surface area contributed by atoms with Gasteiger partial charge in [-0.1, -0.05) is 35.8 Å². The lowest BCUT2D eigenvalue weighted by Crippen LogP contribution is -2.28. The number of carbonyl (C=O) groups excluding carboxylic acids is 2. The molecule has 0 saturated carbocycles. The zero-order valence-electron chi connectivity index (χ0n) is 30.6. The number of aromatic nitrogens is 6. The number of Topliss-reactive ketones (excluding diaryl/α,β-unsaturated/α-hetero) is 2. The molecule has 274 valence electrons. The lowest BCUT2D eigenvalue weighted by Gasteiger charge is -2.12. The zero-order valence-corrected chi connectivity index (χ0v) is 30.6. The number of benzene rings is 2. The van der Waals surface area contributed by atoms with E-state index < -0.39 is 0 Å². The Morgan fingerprint density at radius 2 is 1.07 bits per heavy atom. The van der Waals surface area contributed by atoms with Gasteiger partial charge in [-0.15, -0.1) is 0 Å². The number of fused-ring (bicyclic) bond motifs is 2. The van der Waals surface area contributed by atoms with Gasteiger partial charge in [0.25, 0.3) is 0 Å². The van der Waals surface area contributed by atoms with Crippen LogP contribution in [0.4, 0.5) is 0 Å². The van der Waals surface area contributed by atoms with Crippen LogP contribution in [-0.4, -0.2) is 40.9 Å². The first-order valence-corrected chi connectivity index (χ1v) is 17.5. The normalized spacial score (nSPS) is 10.4. The number of rotatable bonds is 4. The molecule has 0 aliphatic rings. The summed E-state index contributed by atoms with van der Waals surface area (Å²) in [6.45, 7) is 2.76. The Kier molecular flexibility index (Phi) is 10.7. The Bertz CT molecular complexity index is 3110. The molecule has 11 nitrogen and oxygen atoms in total. The summed E-state index contributed by atoms with van der Waals surface area (Å²) in [6, 6.07) is 28.9. The Morgan fingerprint density at radius 1 is 0.596 bits per heavy atom. The van der Waals surface area contributed by atoms with Gasteiger partial charge in [0, 0.05) is 76.0 Å². The van der Waals surface area contributed by atoms with Crippen molar-refractivity contribution in [1.82, 2.24) is 24.1 Å². The Balaban J connectivity index is 0.000000174. The second kappa shape index (κ2) is 16.4. The molecule has 57 heavy (non-hydrogen) atoms. The predicted octanol–water partition coefficient (Wildman–Crippen LogP) is 5.90. The average molecular weight is 748 g/mol. The first-order valence-electron chi connectivity index (χ1n) is 17.5. The highest BCUT2D eigenvalue weighted by molar-refractivity contribution is 5.97. The summed E-state index contributed by atoms with van der Waals surface area (Å²) in [5.41, 5.74) is 5.09. The van der Waals surface area contributed by atoms with Gasteiger partial charge in [-0.3, -0.25) is 29.4 Å². The molecule has 0 atom stereocenters. The Hall–Kier alpha value is -8.28. The third-order valence-corrected chi connectivity index (χ3v) is 8.68. The highest BCUT2D eigenvalue weighted by atomic mass is 16.5. The Morgan fingerprint density at radius 3 is 1.56 bits per heavy atom. The van der Waals surface area contributed by atoms with Crippen LogP contribution in [0.25, 0.3) is 33.4 Å². The average Bonchev–Trinajstić information content (AvgIpc) is 3.23. The summed E-state index contributed by atoms with van der Waals surface area (Å²) < 4.78 is 4.42. The summed E-state index contributed by atoms with van der Waals surface area (Å²) in [7, 11) is 0. The lowest BCUT2D eigenvalue weighted by molar-refractivity contribution is -0.904. The summed E-state index contributed by atoms with van der Waals surface area (Å²) in [5, 5.41) is 10.3. The standard InChI is InChI=1S/C23H16N3O3.C23H15N3O2/c1-16(27)21-15-26(23-20(22(21)28)8-3-11-24-23)19-7-2-5-17(13-19)9-10-18-6-4-12-25(29)14-18;1-16(27)21-15-26(23-20(22(21)28)8-4-12-25-23)19-7-2-5-17(13-19)9-10-18-6-3-11-24-14-18/h2-8,11-15,29H,1H3;2-8,11-15H,1H3/q+1;. The number of carbonyl (C=O) groups is 2. The van der Waals surface area contributed by atoms with Gasteiger partial charge in [0.05, 0.1) is 27.5 Å². The van der Waals surface area contributed by atoms with E-state index in [2.05, 4.69) is 38.6 Å². The van der Waals surface area contributed by atoms with Gasteiger partial charge < -0.3 is 9.13 Å². The number of hydrogen-bond donors (Lipinski definition) is 1. The van der Waals surface area contributed by atoms with Crippen molar-refractivity contribution in [2.45, 2.75) is 13.8 Å². The van der Waals surface area contributed by atoms with Crippen molar-refractivity contribution in [3.05, 3.63) is 200 Å².